The van der Waals surface area contributed by atoms with Gasteiger partial charge in [0.25, 0.3) is 5.78 Å². The van der Waals surface area contributed by atoms with Gasteiger partial charge in [0.2, 0.25) is 0 Å². The minimum absolute atomic E-state index is 0.0198. The van der Waals surface area contributed by atoms with Crippen molar-refractivity contribution in [3.8, 4) is 0 Å². The maximum absolute atomic E-state index is 11.1. The number of rotatable bonds is 3. The minimum Gasteiger partial charge on any atom is -0.461 e. The number of carbonyl (C=O) groups excluding carboxylic acids is 1. The van der Waals surface area contributed by atoms with Gasteiger partial charge in [0, 0.05) is 20.9 Å². The van der Waals surface area contributed by atoms with E-state index < -0.39 is 15.7 Å². The van der Waals surface area contributed by atoms with E-state index >= 15 is 0 Å². The molecule has 0 fully saturated rings. The van der Waals surface area contributed by atoms with Crippen molar-refractivity contribution >= 4 is 21.7 Å². The predicted octanol–water partition coefficient (Wildman–Crippen LogP) is 1.46. The summed E-state index contributed by atoms with van der Waals surface area (Å²) in [5, 5.41) is 10.1. The maximum atomic E-state index is 11.1. The normalized spacial score (nSPS) is 12.4. The molecule has 1 rings (SSSR count). The van der Waals surface area contributed by atoms with Crippen LogP contribution in [-0.4, -0.2) is 15.7 Å². The number of nitrogens with zero attached hydrogens (tertiary/aromatic N) is 1. The predicted molar refractivity (Wildman–Crippen MR) is 42.7 cm³/mol. The standard InChI is InChI=1S/C6H4BrNO4/c7-6(8(10)11)5(9)4-2-1-3-12-4/h1-3,6H. The molecule has 1 unspecified atom stereocenters. The van der Waals surface area contributed by atoms with Gasteiger partial charge >= 0.3 is 4.95 Å². The fraction of sp³-hybridized carbons (Fsp3) is 0.167. The molecule has 0 aromatic carbocycles. The molecule has 0 saturated carbocycles. The average molecular weight is 234 g/mol. The molecule has 0 aliphatic carbocycles. The maximum Gasteiger partial charge on any atom is 0.330 e. The lowest BCUT2D eigenvalue weighted by atomic mass is 10.3. The Bertz CT molecular complexity index is 295. The zero-order chi connectivity index (χ0) is 9.14. The zero-order valence-electron chi connectivity index (χ0n) is 5.77. The number of hydrogen-bond donors (Lipinski definition) is 0. The molecule has 0 aliphatic rings. The van der Waals surface area contributed by atoms with Crippen molar-refractivity contribution < 1.29 is 14.1 Å². The fourth-order valence-electron chi connectivity index (χ4n) is 0.632. The smallest absolute Gasteiger partial charge is 0.330 e. The summed E-state index contributed by atoms with van der Waals surface area (Å²) >= 11 is 2.62. The number of furan rings is 1. The van der Waals surface area contributed by atoms with Gasteiger partial charge in [0.15, 0.2) is 5.76 Å². The Morgan fingerprint density at radius 1 is 1.75 bits per heavy atom. The van der Waals surface area contributed by atoms with Gasteiger partial charge in [-0.3, -0.25) is 14.9 Å². The first kappa shape index (κ1) is 8.92. The van der Waals surface area contributed by atoms with Crippen molar-refractivity contribution in [1.29, 1.82) is 0 Å². The second-order valence-electron chi connectivity index (χ2n) is 1.96. The second kappa shape index (κ2) is 3.48. The van der Waals surface area contributed by atoms with Crippen LogP contribution in [0.1, 0.15) is 10.6 Å². The lowest BCUT2D eigenvalue weighted by Crippen LogP contribution is -2.22. The van der Waals surface area contributed by atoms with Crippen molar-refractivity contribution in [1.82, 2.24) is 0 Å². The van der Waals surface area contributed by atoms with Crippen molar-refractivity contribution in [3.63, 3.8) is 0 Å². The van der Waals surface area contributed by atoms with Crippen LogP contribution in [0.15, 0.2) is 22.8 Å². The Morgan fingerprint density at radius 2 is 2.42 bits per heavy atom. The molecule has 6 heteroatoms. The van der Waals surface area contributed by atoms with Gasteiger partial charge in [-0.05, 0) is 12.1 Å². The van der Waals surface area contributed by atoms with E-state index in [0.29, 0.717) is 0 Å². The lowest BCUT2D eigenvalue weighted by Gasteiger charge is -1.96. The van der Waals surface area contributed by atoms with Gasteiger partial charge in [-0.2, -0.15) is 0 Å². The highest BCUT2D eigenvalue weighted by Gasteiger charge is 2.28. The molecule has 0 spiro atoms. The largest absolute Gasteiger partial charge is 0.461 e. The summed E-state index contributed by atoms with van der Waals surface area (Å²) in [6.07, 6.45) is 1.28. The highest BCUT2D eigenvalue weighted by Crippen LogP contribution is 2.10. The van der Waals surface area contributed by atoms with Gasteiger partial charge in [0.1, 0.15) is 0 Å². The van der Waals surface area contributed by atoms with E-state index in [1.165, 1.54) is 18.4 Å². The van der Waals surface area contributed by atoms with Crippen LogP contribution < -0.4 is 0 Å². The first-order chi connectivity index (χ1) is 5.63. The third-order valence-electron chi connectivity index (χ3n) is 1.17. The number of ketones is 1. The van der Waals surface area contributed by atoms with Gasteiger partial charge in [-0.1, -0.05) is 0 Å². The number of Topliss-reactive ketones (excluding diaryl/α,β-unsaturated/α-hetero) is 1. The van der Waals surface area contributed by atoms with Crippen molar-refractivity contribution in [2.75, 3.05) is 0 Å². The summed E-state index contributed by atoms with van der Waals surface area (Å²) in [6.45, 7) is 0. The lowest BCUT2D eigenvalue weighted by molar-refractivity contribution is -0.477. The third kappa shape index (κ3) is 1.70. The van der Waals surface area contributed by atoms with Crippen LogP contribution in [-0.2, 0) is 0 Å². The molecular formula is C6H4BrNO4. The monoisotopic (exact) mass is 233 g/mol. The van der Waals surface area contributed by atoms with Crippen LogP contribution in [0.25, 0.3) is 0 Å². The van der Waals surface area contributed by atoms with E-state index in [2.05, 4.69) is 20.3 Å². The van der Waals surface area contributed by atoms with Crippen LogP contribution >= 0.6 is 15.9 Å². The molecule has 5 nitrogen and oxygen atoms in total. The highest BCUT2D eigenvalue weighted by molar-refractivity contribution is 9.09. The van der Waals surface area contributed by atoms with Crippen molar-refractivity contribution in [3.05, 3.63) is 34.3 Å². The summed E-state index contributed by atoms with van der Waals surface area (Å²) < 4.78 is 4.68. The fourth-order valence-corrected chi connectivity index (χ4v) is 0.858. The number of alkyl halides is 1. The molecule has 12 heavy (non-hydrogen) atoms. The Labute approximate surface area is 75.6 Å². The van der Waals surface area contributed by atoms with Crippen molar-refractivity contribution in [2.45, 2.75) is 4.95 Å². The molecule has 1 aromatic rings. The van der Waals surface area contributed by atoms with Gasteiger partial charge in [0.05, 0.1) is 6.26 Å². The molecular weight excluding hydrogens is 230 g/mol. The Balaban J connectivity index is 2.79. The Kier molecular flexibility index (Phi) is 2.59. The zero-order valence-corrected chi connectivity index (χ0v) is 7.35. The van der Waals surface area contributed by atoms with Crippen LogP contribution in [0.5, 0.6) is 0 Å². The highest BCUT2D eigenvalue weighted by atomic mass is 79.9. The van der Waals surface area contributed by atoms with Crippen LogP contribution in [0.3, 0.4) is 0 Å². The quantitative estimate of drug-likeness (QED) is 0.261. The number of hydrogen-bond acceptors (Lipinski definition) is 4. The summed E-state index contributed by atoms with van der Waals surface area (Å²) in [5.41, 5.74) is 0. The first-order valence-electron chi connectivity index (χ1n) is 2.98. The van der Waals surface area contributed by atoms with Crippen LogP contribution in [0.2, 0.25) is 0 Å². The van der Waals surface area contributed by atoms with E-state index in [0.717, 1.165) is 0 Å². The number of halogens is 1. The summed E-state index contributed by atoms with van der Waals surface area (Å²) in [5.74, 6) is -0.710. The molecule has 64 valence electrons. The molecule has 0 N–H and O–H groups in total. The number of nitro groups is 1. The summed E-state index contributed by atoms with van der Waals surface area (Å²) in [7, 11) is 0. The second-order valence-corrected chi connectivity index (χ2v) is 2.83. The summed E-state index contributed by atoms with van der Waals surface area (Å²) in [6, 6.07) is 2.87. The average Bonchev–Trinajstić information content (AvgIpc) is 2.53. The molecule has 0 amide bonds. The SMILES string of the molecule is O=C(c1ccco1)C(Br)[N+](=O)[O-]. The van der Waals surface area contributed by atoms with E-state index in [4.69, 9.17) is 0 Å². The van der Waals surface area contributed by atoms with Gasteiger partial charge < -0.3 is 4.42 Å². The van der Waals surface area contributed by atoms with E-state index in [1.807, 2.05) is 0 Å². The Hall–Kier alpha value is -1.17. The molecule has 0 aliphatic heterocycles. The minimum atomic E-state index is -1.43. The molecule has 0 radical (unpaired) electrons. The van der Waals surface area contributed by atoms with E-state index in [1.54, 1.807) is 0 Å². The molecule has 1 heterocycles. The first-order valence-corrected chi connectivity index (χ1v) is 3.90. The third-order valence-corrected chi connectivity index (χ3v) is 1.92. The Morgan fingerprint density at radius 3 is 2.83 bits per heavy atom. The van der Waals surface area contributed by atoms with E-state index in [-0.39, 0.29) is 5.76 Å². The van der Waals surface area contributed by atoms with Crippen LogP contribution in [0.4, 0.5) is 0 Å². The topological polar surface area (TPSA) is 73.3 Å². The van der Waals surface area contributed by atoms with E-state index in [9.17, 15) is 14.9 Å². The van der Waals surface area contributed by atoms with Gasteiger partial charge in [-0.15, -0.1) is 0 Å². The van der Waals surface area contributed by atoms with Crippen molar-refractivity contribution in [2.24, 2.45) is 0 Å². The number of carbonyl (C=O) groups is 1. The van der Waals surface area contributed by atoms with Crippen LogP contribution in [0, 0.1) is 10.1 Å². The summed E-state index contributed by atoms with van der Waals surface area (Å²) in [4.78, 5) is 19.0. The molecule has 1 atom stereocenters. The molecule has 0 bridgehead atoms. The molecule has 1 aromatic heterocycles. The van der Waals surface area contributed by atoms with Gasteiger partial charge in [-0.25, -0.2) is 0 Å². The molecule has 0 saturated heterocycles.